The molecule has 5 nitrogen and oxygen atoms in total. The molecule has 0 unspecified atom stereocenters. The van der Waals surface area contributed by atoms with Crippen LogP contribution in [0, 0.1) is 0 Å². The Morgan fingerprint density at radius 3 is 2.53 bits per heavy atom. The molecule has 108 valence electrons. The zero-order chi connectivity index (χ0) is 14.6. The molecule has 1 aromatic heterocycles. The molecule has 0 aromatic carbocycles. The fourth-order valence-electron chi connectivity index (χ4n) is 1.71. The summed E-state index contributed by atoms with van der Waals surface area (Å²) in [6.45, 7) is 8.59. The van der Waals surface area contributed by atoms with Crippen molar-refractivity contribution in [1.82, 2.24) is 9.78 Å². The van der Waals surface area contributed by atoms with Crippen LogP contribution >= 0.6 is 15.9 Å². The Balaban J connectivity index is 2.93. The second-order valence-electron chi connectivity index (χ2n) is 5.14. The standard InChI is InChI=1S/C13H23BrN4O/c1-5-13(15,6-2)8-16-10-7-17-18(9(3)4)12(19)11(10)14/h7,9,16H,5-6,8,15H2,1-4H3. The third-order valence-electron chi connectivity index (χ3n) is 3.47. The predicted octanol–water partition coefficient (Wildman–Crippen LogP) is 2.52. The number of nitrogens with zero attached hydrogens (tertiary/aromatic N) is 2. The first-order valence-corrected chi connectivity index (χ1v) is 7.44. The SMILES string of the molecule is CCC(N)(CC)CNc1cnn(C(C)C)c(=O)c1Br. The van der Waals surface area contributed by atoms with Crippen LogP contribution in [0.3, 0.4) is 0 Å². The second-order valence-corrected chi connectivity index (χ2v) is 5.93. The highest BCUT2D eigenvalue weighted by molar-refractivity contribution is 9.10. The van der Waals surface area contributed by atoms with Gasteiger partial charge in [-0.1, -0.05) is 13.8 Å². The van der Waals surface area contributed by atoms with Crippen molar-refractivity contribution in [2.45, 2.75) is 52.1 Å². The third-order valence-corrected chi connectivity index (χ3v) is 4.24. The second kappa shape index (κ2) is 6.52. The molecule has 0 aliphatic heterocycles. The molecule has 0 bridgehead atoms. The zero-order valence-electron chi connectivity index (χ0n) is 12.0. The van der Waals surface area contributed by atoms with E-state index in [0.717, 1.165) is 12.8 Å². The smallest absolute Gasteiger partial charge is 0.283 e. The van der Waals surface area contributed by atoms with Gasteiger partial charge >= 0.3 is 0 Å². The van der Waals surface area contributed by atoms with E-state index in [0.29, 0.717) is 16.7 Å². The van der Waals surface area contributed by atoms with Gasteiger partial charge in [-0.3, -0.25) is 4.79 Å². The van der Waals surface area contributed by atoms with Crippen molar-refractivity contribution in [2.24, 2.45) is 5.73 Å². The van der Waals surface area contributed by atoms with Crippen molar-refractivity contribution in [1.29, 1.82) is 0 Å². The summed E-state index contributed by atoms with van der Waals surface area (Å²) in [7, 11) is 0. The molecule has 0 amide bonds. The van der Waals surface area contributed by atoms with E-state index < -0.39 is 0 Å². The third kappa shape index (κ3) is 3.79. The van der Waals surface area contributed by atoms with E-state index in [4.69, 9.17) is 5.73 Å². The topological polar surface area (TPSA) is 72.9 Å². The maximum Gasteiger partial charge on any atom is 0.283 e. The number of halogens is 1. The van der Waals surface area contributed by atoms with Crippen LogP contribution < -0.4 is 16.6 Å². The van der Waals surface area contributed by atoms with E-state index in [1.54, 1.807) is 6.20 Å². The number of nitrogens with two attached hydrogens (primary N) is 1. The summed E-state index contributed by atoms with van der Waals surface area (Å²) in [4.78, 5) is 12.1. The number of nitrogens with one attached hydrogen (secondary N) is 1. The van der Waals surface area contributed by atoms with Crippen LogP contribution in [0.15, 0.2) is 15.5 Å². The molecule has 0 fully saturated rings. The normalized spacial score (nSPS) is 11.9. The van der Waals surface area contributed by atoms with E-state index in [1.807, 2.05) is 13.8 Å². The average molecular weight is 331 g/mol. The largest absolute Gasteiger partial charge is 0.381 e. The van der Waals surface area contributed by atoms with Gasteiger partial charge in [0.2, 0.25) is 0 Å². The Morgan fingerprint density at radius 1 is 1.47 bits per heavy atom. The van der Waals surface area contributed by atoms with Crippen molar-refractivity contribution >= 4 is 21.6 Å². The van der Waals surface area contributed by atoms with Crippen molar-refractivity contribution in [3.8, 4) is 0 Å². The first kappa shape index (κ1) is 16.2. The zero-order valence-corrected chi connectivity index (χ0v) is 13.6. The van der Waals surface area contributed by atoms with Crippen LogP contribution in [0.25, 0.3) is 0 Å². The van der Waals surface area contributed by atoms with E-state index in [1.165, 1.54) is 4.68 Å². The molecule has 0 saturated carbocycles. The van der Waals surface area contributed by atoms with E-state index in [2.05, 4.69) is 40.2 Å². The summed E-state index contributed by atoms with van der Waals surface area (Å²) in [5.74, 6) is 0. The monoisotopic (exact) mass is 330 g/mol. The summed E-state index contributed by atoms with van der Waals surface area (Å²) >= 11 is 3.33. The molecule has 0 aliphatic carbocycles. The lowest BCUT2D eigenvalue weighted by Gasteiger charge is -2.27. The van der Waals surface area contributed by atoms with Crippen molar-refractivity contribution in [3.05, 3.63) is 21.0 Å². The molecule has 0 radical (unpaired) electrons. The minimum absolute atomic E-state index is 0.0396. The molecule has 1 aromatic rings. The molecule has 6 heteroatoms. The van der Waals surface area contributed by atoms with E-state index in [-0.39, 0.29) is 17.1 Å². The lowest BCUT2D eigenvalue weighted by molar-refractivity contribution is 0.418. The fraction of sp³-hybridized carbons (Fsp3) is 0.692. The number of anilines is 1. The molecular formula is C13H23BrN4O. The molecule has 0 atom stereocenters. The number of hydrogen-bond acceptors (Lipinski definition) is 4. The minimum Gasteiger partial charge on any atom is -0.381 e. The van der Waals surface area contributed by atoms with Gasteiger partial charge in [-0.15, -0.1) is 0 Å². The van der Waals surface area contributed by atoms with Crippen LogP contribution in [0.4, 0.5) is 5.69 Å². The molecular weight excluding hydrogens is 308 g/mol. The van der Waals surface area contributed by atoms with Crippen LogP contribution in [0.1, 0.15) is 46.6 Å². The molecule has 1 heterocycles. The van der Waals surface area contributed by atoms with Gasteiger partial charge in [0.05, 0.1) is 17.9 Å². The Morgan fingerprint density at radius 2 is 2.05 bits per heavy atom. The quantitative estimate of drug-likeness (QED) is 0.840. The lowest BCUT2D eigenvalue weighted by Crippen LogP contribution is -2.45. The minimum atomic E-state index is -0.258. The van der Waals surface area contributed by atoms with Gasteiger partial charge in [0.15, 0.2) is 0 Å². The highest BCUT2D eigenvalue weighted by Crippen LogP contribution is 2.19. The Labute approximate surface area is 122 Å². The van der Waals surface area contributed by atoms with Crippen LogP contribution in [-0.2, 0) is 0 Å². The summed E-state index contributed by atoms with van der Waals surface area (Å²) in [5.41, 5.74) is 6.54. The first-order valence-electron chi connectivity index (χ1n) is 6.64. The fourth-order valence-corrected chi connectivity index (χ4v) is 2.13. The van der Waals surface area contributed by atoms with Gasteiger partial charge in [0.1, 0.15) is 4.47 Å². The highest BCUT2D eigenvalue weighted by atomic mass is 79.9. The number of hydrogen-bond donors (Lipinski definition) is 2. The van der Waals surface area contributed by atoms with Gasteiger partial charge in [-0.25, -0.2) is 4.68 Å². The molecule has 0 aliphatic rings. The van der Waals surface area contributed by atoms with Gasteiger partial charge in [-0.2, -0.15) is 5.10 Å². The van der Waals surface area contributed by atoms with Gasteiger partial charge < -0.3 is 11.1 Å². The maximum absolute atomic E-state index is 12.1. The summed E-state index contributed by atoms with van der Waals surface area (Å²) in [5, 5.41) is 7.38. The predicted molar refractivity (Wildman–Crippen MR) is 82.6 cm³/mol. The van der Waals surface area contributed by atoms with Crippen LogP contribution in [0.5, 0.6) is 0 Å². The molecule has 0 spiro atoms. The molecule has 1 rings (SSSR count). The Kier molecular flexibility index (Phi) is 5.55. The van der Waals surface area contributed by atoms with Crippen LogP contribution in [0.2, 0.25) is 0 Å². The van der Waals surface area contributed by atoms with Crippen LogP contribution in [-0.4, -0.2) is 21.9 Å². The van der Waals surface area contributed by atoms with Crippen molar-refractivity contribution in [3.63, 3.8) is 0 Å². The summed E-state index contributed by atoms with van der Waals surface area (Å²) in [6, 6.07) is 0.0396. The Hall–Kier alpha value is -0.880. The number of aromatic nitrogens is 2. The van der Waals surface area contributed by atoms with E-state index >= 15 is 0 Å². The molecule has 19 heavy (non-hydrogen) atoms. The molecule has 3 N–H and O–H groups in total. The maximum atomic E-state index is 12.1. The number of rotatable bonds is 6. The molecule has 0 saturated heterocycles. The van der Waals surface area contributed by atoms with Gasteiger partial charge in [0, 0.05) is 12.1 Å². The van der Waals surface area contributed by atoms with E-state index in [9.17, 15) is 4.79 Å². The highest BCUT2D eigenvalue weighted by Gasteiger charge is 2.20. The van der Waals surface area contributed by atoms with Crippen molar-refractivity contribution in [2.75, 3.05) is 11.9 Å². The summed E-state index contributed by atoms with van der Waals surface area (Å²) in [6.07, 6.45) is 3.42. The van der Waals surface area contributed by atoms with Gasteiger partial charge in [0.25, 0.3) is 5.56 Å². The first-order chi connectivity index (χ1) is 8.84. The summed E-state index contributed by atoms with van der Waals surface area (Å²) < 4.78 is 1.95. The van der Waals surface area contributed by atoms with Gasteiger partial charge in [-0.05, 0) is 42.6 Å². The lowest BCUT2D eigenvalue weighted by atomic mass is 9.94. The average Bonchev–Trinajstić information content (AvgIpc) is 2.39. The van der Waals surface area contributed by atoms with Crippen molar-refractivity contribution < 1.29 is 0 Å². The Bertz CT molecular complexity index is 480.